The third-order valence-corrected chi connectivity index (χ3v) is 2.85. The smallest absolute Gasteiger partial charge is 0.288 e. The fourth-order valence-corrected chi connectivity index (χ4v) is 1.63. The first-order valence-electron chi connectivity index (χ1n) is 4.78. The van der Waals surface area contributed by atoms with Gasteiger partial charge in [0.25, 0.3) is 0 Å². The number of hydrogen-bond donors (Lipinski definition) is 0. The second-order valence-corrected chi connectivity index (χ2v) is 4.70. The van der Waals surface area contributed by atoms with Gasteiger partial charge in [-0.2, -0.15) is 17.6 Å². The summed E-state index contributed by atoms with van der Waals surface area (Å²) in [7, 11) is 0. The normalized spacial score (nSPS) is 13.2. The van der Waals surface area contributed by atoms with Crippen LogP contribution in [0.15, 0.2) is 0 Å². The highest BCUT2D eigenvalue weighted by Crippen LogP contribution is 2.42. The molecule has 0 heterocycles. The van der Waals surface area contributed by atoms with Gasteiger partial charge in [0.1, 0.15) is 0 Å². The highest BCUT2D eigenvalue weighted by Gasteiger charge is 2.61. The van der Waals surface area contributed by atoms with Gasteiger partial charge in [0.2, 0.25) is 0 Å². The average Bonchev–Trinajstić information content (AvgIpc) is 2.15. The SMILES string of the molecule is CC(=O)SCCCCC(F)(F)C(F)(F)C(F)F. The Labute approximate surface area is 98.9 Å². The number of rotatable bonds is 7. The van der Waals surface area contributed by atoms with Gasteiger partial charge >= 0.3 is 18.3 Å². The number of alkyl halides is 6. The molecule has 1 nitrogen and oxygen atoms in total. The van der Waals surface area contributed by atoms with Gasteiger partial charge in [-0.1, -0.05) is 11.8 Å². The Balaban J connectivity index is 4.06. The molecule has 0 saturated heterocycles. The van der Waals surface area contributed by atoms with Crippen molar-refractivity contribution in [3.05, 3.63) is 0 Å². The van der Waals surface area contributed by atoms with Crippen LogP contribution in [0.2, 0.25) is 0 Å². The second kappa shape index (κ2) is 6.51. The highest BCUT2D eigenvalue weighted by atomic mass is 32.2. The van der Waals surface area contributed by atoms with Crippen LogP contribution in [-0.4, -0.2) is 29.1 Å². The van der Waals surface area contributed by atoms with E-state index in [0.717, 1.165) is 11.8 Å². The Bertz CT molecular complexity index is 256. The van der Waals surface area contributed by atoms with E-state index in [2.05, 4.69) is 0 Å². The number of halogens is 6. The van der Waals surface area contributed by atoms with Gasteiger partial charge in [0, 0.05) is 19.1 Å². The zero-order chi connectivity index (χ0) is 13.7. The van der Waals surface area contributed by atoms with Gasteiger partial charge in [-0.15, -0.1) is 0 Å². The Hall–Kier alpha value is -0.400. The van der Waals surface area contributed by atoms with Crippen LogP contribution in [-0.2, 0) is 4.79 Å². The highest BCUT2D eigenvalue weighted by molar-refractivity contribution is 8.13. The Kier molecular flexibility index (Phi) is 6.36. The van der Waals surface area contributed by atoms with Crippen LogP contribution in [0, 0.1) is 0 Å². The monoisotopic (exact) mass is 282 g/mol. The topological polar surface area (TPSA) is 17.1 Å². The Morgan fingerprint density at radius 3 is 2.12 bits per heavy atom. The molecule has 0 aliphatic carbocycles. The fraction of sp³-hybridized carbons (Fsp3) is 0.889. The molecular weight excluding hydrogens is 270 g/mol. The summed E-state index contributed by atoms with van der Waals surface area (Å²) in [5, 5.41) is -0.213. The first-order valence-corrected chi connectivity index (χ1v) is 5.77. The molecule has 8 heteroatoms. The van der Waals surface area contributed by atoms with Crippen LogP contribution >= 0.6 is 11.8 Å². The second-order valence-electron chi connectivity index (χ2n) is 3.43. The maximum atomic E-state index is 12.7. The quantitative estimate of drug-likeness (QED) is 0.519. The molecule has 0 aliphatic heterocycles. The van der Waals surface area contributed by atoms with Crippen LogP contribution in [0.3, 0.4) is 0 Å². The van der Waals surface area contributed by atoms with Gasteiger partial charge in [-0.05, 0) is 12.8 Å². The molecule has 17 heavy (non-hydrogen) atoms. The van der Waals surface area contributed by atoms with E-state index in [1.165, 1.54) is 6.92 Å². The number of carbonyl (C=O) groups excluding carboxylic acids is 1. The third-order valence-electron chi connectivity index (χ3n) is 1.95. The van der Waals surface area contributed by atoms with Crippen molar-refractivity contribution in [2.45, 2.75) is 44.5 Å². The molecule has 0 aliphatic rings. The first kappa shape index (κ1) is 16.6. The summed E-state index contributed by atoms with van der Waals surface area (Å²) in [4.78, 5) is 10.4. The minimum Gasteiger partial charge on any atom is -0.288 e. The zero-order valence-electron chi connectivity index (χ0n) is 8.99. The lowest BCUT2D eigenvalue weighted by Crippen LogP contribution is -2.46. The van der Waals surface area contributed by atoms with Gasteiger partial charge in [-0.3, -0.25) is 4.79 Å². The molecule has 0 spiro atoms. The minimum atomic E-state index is -5.30. The van der Waals surface area contributed by atoms with E-state index in [0.29, 0.717) is 0 Å². The maximum Gasteiger partial charge on any atom is 0.369 e. The van der Waals surface area contributed by atoms with E-state index < -0.39 is 24.7 Å². The molecule has 0 fully saturated rings. The number of unbranched alkanes of at least 4 members (excludes halogenated alkanes) is 1. The molecule has 102 valence electrons. The molecule has 0 rings (SSSR count). The van der Waals surface area contributed by atoms with Crippen molar-refractivity contribution < 1.29 is 31.1 Å². The molecule has 0 aromatic heterocycles. The van der Waals surface area contributed by atoms with Crippen molar-refractivity contribution in [2.75, 3.05) is 5.75 Å². The van der Waals surface area contributed by atoms with Crippen molar-refractivity contribution in [3.8, 4) is 0 Å². The summed E-state index contributed by atoms with van der Waals surface area (Å²) in [6.45, 7) is 1.28. The molecule has 0 aromatic rings. The van der Waals surface area contributed by atoms with Gasteiger partial charge in [0.05, 0.1) is 0 Å². The van der Waals surface area contributed by atoms with E-state index in [1.54, 1.807) is 0 Å². The summed E-state index contributed by atoms with van der Waals surface area (Å²) in [5.74, 6) is -9.81. The van der Waals surface area contributed by atoms with Gasteiger partial charge in [0.15, 0.2) is 5.12 Å². The Morgan fingerprint density at radius 1 is 1.18 bits per heavy atom. The lowest BCUT2D eigenvalue weighted by atomic mass is 10.1. The van der Waals surface area contributed by atoms with Crippen LogP contribution in [0.1, 0.15) is 26.2 Å². The predicted molar refractivity (Wildman–Crippen MR) is 52.9 cm³/mol. The molecule has 0 atom stereocenters. The largest absolute Gasteiger partial charge is 0.369 e. The van der Waals surface area contributed by atoms with Crippen LogP contribution in [0.4, 0.5) is 26.3 Å². The summed E-state index contributed by atoms with van der Waals surface area (Å²) in [6.07, 6.45) is -5.94. The molecule has 0 aromatic carbocycles. The standard InChI is InChI=1S/C9H12F6OS/c1-6(16)17-5-3-2-4-8(12,13)9(14,15)7(10)11/h7H,2-5H2,1H3. The van der Waals surface area contributed by atoms with E-state index in [4.69, 9.17) is 0 Å². The van der Waals surface area contributed by atoms with Gasteiger partial charge in [-0.25, -0.2) is 8.78 Å². The molecule has 0 radical (unpaired) electrons. The van der Waals surface area contributed by atoms with E-state index in [1.807, 2.05) is 0 Å². The van der Waals surface area contributed by atoms with Crippen molar-refractivity contribution in [3.63, 3.8) is 0 Å². The first-order chi connectivity index (χ1) is 7.61. The summed E-state index contributed by atoms with van der Waals surface area (Å²) >= 11 is 0.876. The lowest BCUT2D eigenvalue weighted by Gasteiger charge is -2.25. The lowest BCUT2D eigenvalue weighted by molar-refractivity contribution is -0.266. The zero-order valence-corrected chi connectivity index (χ0v) is 9.81. The molecule has 0 N–H and O–H groups in total. The van der Waals surface area contributed by atoms with Crippen molar-refractivity contribution in [1.82, 2.24) is 0 Å². The van der Waals surface area contributed by atoms with Gasteiger partial charge < -0.3 is 0 Å². The van der Waals surface area contributed by atoms with E-state index in [-0.39, 0.29) is 23.7 Å². The summed E-state index contributed by atoms with van der Waals surface area (Å²) in [5.41, 5.74) is 0. The molecule has 0 unspecified atom stereocenters. The minimum absolute atomic E-state index is 0.0964. The maximum absolute atomic E-state index is 12.7. The van der Waals surface area contributed by atoms with E-state index in [9.17, 15) is 31.1 Å². The number of hydrogen-bond acceptors (Lipinski definition) is 2. The van der Waals surface area contributed by atoms with Crippen molar-refractivity contribution in [2.24, 2.45) is 0 Å². The van der Waals surface area contributed by atoms with E-state index >= 15 is 0 Å². The van der Waals surface area contributed by atoms with Crippen molar-refractivity contribution in [1.29, 1.82) is 0 Å². The summed E-state index contributed by atoms with van der Waals surface area (Å²) in [6, 6.07) is 0. The van der Waals surface area contributed by atoms with Crippen LogP contribution in [0.25, 0.3) is 0 Å². The predicted octanol–water partition coefficient (Wildman–Crippen LogP) is 3.97. The molecule has 0 saturated carbocycles. The molecular formula is C9H12F6OS. The van der Waals surface area contributed by atoms with Crippen molar-refractivity contribution >= 4 is 16.9 Å². The van der Waals surface area contributed by atoms with Crippen LogP contribution in [0.5, 0.6) is 0 Å². The number of carbonyl (C=O) groups is 1. The fourth-order valence-electron chi connectivity index (χ4n) is 0.991. The third kappa shape index (κ3) is 5.18. The number of thioether (sulfide) groups is 1. The van der Waals surface area contributed by atoms with Crippen LogP contribution < -0.4 is 0 Å². The molecule has 0 bridgehead atoms. The average molecular weight is 282 g/mol. The molecule has 0 amide bonds. The summed E-state index contributed by atoms with van der Waals surface area (Å²) < 4.78 is 73.7. The Morgan fingerprint density at radius 2 is 1.71 bits per heavy atom.